The minimum atomic E-state index is -0.551. The molecule has 5 heteroatoms. The van der Waals surface area contributed by atoms with Crippen molar-refractivity contribution in [3.8, 4) is 0 Å². The largest absolute Gasteiger partial charge is 0.502 e. The minimum absolute atomic E-state index is 0.140. The maximum Gasteiger partial charge on any atom is 0.237 e. The number of nitrogens with two attached hydrogens (primary N) is 1. The van der Waals surface area contributed by atoms with E-state index < -0.39 is 6.04 Å². The number of aromatic amines is 1. The van der Waals surface area contributed by atoms with Gasteiger partial charge >= 0.3 is 0 Å². The molecule has 0 saturated heterocycles. The molecule has 0 aliphatic heterocycles. The lowest BCUT2D eigenvalue weighted by Crippen LogP contribution is -2.42. The van der Waals surface area contributed by atoms with Gasteiger partial charge in [0.25, 0.3) is 0 Å². The summed E-state index contributed by atoms with van der Waals surface area (Å²) in [5.41, 5.74) is 8.08. The van der Waals surface area contributed by atoms with Crippen molar-refractivity contribution >= 4 is 16.8 Å². The Morgan fingerprint density at radius 1 is 1.48 bits per heavy atom. The summed E-state index contributed by atoms with van der Waals surface area (Å²) >= 11 is 0. The lowest BCUT2D eigenvalue weighted by Gasteiger charge is -2.11. The highest BCUT2D eigenvalue weighted by Crippen LogP contribution is 2.18. The number of para-hydroxylation sites is 1. The average molecular weight is 287 g/mol. The Balaban J connectivity index is 1.84. The number of benzene rings is 1. The van der Waals surface area contributed by atoms with Crippen LogP contribution in [0.25, 0.3) is 10.9 Å². The lowest BCUT2D eigenvalue weighted by molar-refractivity contribution is -0.122. The van der Waals surface area contributed by atoms with Crippen molar-refractivity contribution in [2.24, 2.45) is 5.73 Å². The van der Waals surface area contributed by atoms with Crippen molar-refractivity contribution in [2.45, 2.75) is 18.9 Å². The second-order valence-electron chi connectivity index (χ2n) is 4.85. The van der Waals surface area contributed by atoms with Gasteiger partial charge in [0.05, 0.1) is 18.9 Å². The zero-order chi connectivity index (χ0) is 15.1. The lowest BCUT2D eigenvalue weighted by atomic mass is 10.1. The standard InChI is InChI=1S/C16H21N3O2/c1-2-21-9-5-8-18-16(20)14(17)10-12-11-19-15-7-4-3-6-13(12)15/h2-4,6-7,11,14,19H,1,5,8-10,17H2,(H,18,20)/t14-/m1/s1. The van der Waals surface area contributed by atoms with Crippen LogP contribution < -0.4 is 11.1 Å². The highest BCUT2D eigenvalue weighted by Gasteiger charge is 2.15. The highest BCUT2D eigenvalue weighted by atomic mass is 16.5. The summed E-state index contributed by atoms with van der Waals surface area (Å²) < 4.78 is 4.99. The molecule has 0 aliphatic rings. The van der Waals surface area contributed by atoms with Crippen LogP contribution in [0, 0.1) is 0 Å². The van der Waals surface area contributed by atoms with Gasteiger partial charge in [0.2, 0.25) is 5.91 Å². The number of hydrogen-bond donors (Lipinski definition) is 3. The van der Waals surface area contributed by atoms with Gasteiger partial charge in [-0.05, 0) is 24.5 Å². The summed E-state index contributed by atoms with van der Waals surface area (Å²) in [4.78, 5) is 15.1. The van der Waals surface area contributed by atoms with Crippen molar-refractivity contribution in [2.75, 3.05) is 13.2 Å². The number of carbonyl (C=O) groups excluding carboxylic acids is 1. The first-order valence-electron chi connectivity index (χ1n) is 7.03. The summed E-state index contributed by atoms with van der Waals surface area (Å²) in [6.07, 6.45) is 4.55. The molecule has 0 saturated carbocycles. The first-order chi connectivity index (χ1) is 10.2. The smallest absolute Gasteiger partial charge is 0.237 e. The Morgan fingerprint density at radius 2 is 2.29 bits per heavy atom. The molecule has 0 bridgehead atoms. The van der Waals surface area contributed by atoms with Crippen LogP contribution in [-0.2, 0) is 16.0 Å². The van der Waals surface area contributed by atoms with Gasteiger partial charge in [-0.25, -0.2) is 0 Å². The van der Waals surface area contributed by atoms with E-state index >= 15 is 0 Å². The van der Waals surface area contributed by atoms with E-state index in [4.69, 9.17) is 10.5 Å². The predicted octanol–water partition coefficient (Wildman–Crippen LogP) is 1.70. The van der Waals surface area contributed by atoms with Gasteiger partial charge in [-0.1, -0.05) is 24.8 Å². The van der Waals surface area contributed by atoms with E-state index in [0.29, 0.717) is 19.6 Å². The van der Waals surface area contributed by atoms with E-state index in [2.05, 4.69) is 16.9 Å². The van der Waals surface area contributed by atoms with Crippen LogP contribution in [-0.4, -0.2) is 30.1 Å². The van der Waals surface area contributed by atoms with E-state index in [0.717, 1.165) is 22.9 Å². The van der Waals surface area contributed by atoms with E-state index in [1.165, 1.54) is 6.26 Å². The van der Waals surface area contributed by atoms with Crippen LogP contribution in [0.15, 0.2) is 43.3 Å². The molecule has 0 fully saturated rings. The fourth-order valence-corrected chi connectivity index (χ4v) is 2.21. The first-order valence-corrected chi connectivity index (χ1v) is 7.03. The molecule has 2 rings (SSSR count). The van der Waals surface area contributed by atoms with Crippen molar-refractivity contribution in [1.82, 2.24) is 10.3 Å². The van der Waals surface area contributed by atoms with Crippen LogP contribution in [0.4, 0.5) is 0 Å². The van der Waals surface area contributed by atoms with Crippen LogP contribution in [0.1, 0.15) is 12.0 Å². The number of amides is 1. The van der Waals surface area contributed by atoms with Gasteiger partial charge in [-0.3, -0.25) is 4.79 Å². The van der Waals surface area contributed by atoms with Crippen molar-refractivity contribution in [1.29, 1.82) is 0 Å². The van der Waals surface area contributed by atoms with Crippen molar-refractivity contribution in [3.63, 3.8) is 0 Å². The maximum atomic E-state index is 11.9. The zero-order valence-corrected chi connectivity index (χ0v) is 12.0. The van der Waals surface area contributed by atoms with Crippen LogP contribution >= 0.6 is 0 Å². The molecule has 0 unspecified atom stereocenters. The number of aromatic nitrogens is 1. The third-order valence-corrected chi connectivity index (χ3v) is 3.31. The molecular weight excluding hydrogens is 266 g/mol. The molecule has 0 radical (unpaired) electrons. The number of rotatable bonds is 8. The fraction of sp³-hybridized carbons (Fsp3) is 0.312. The highest BCUT2D eigenvalue weighted by molar-refractivity contribution is 5.86. The molecule has 0 aliphatic carbocycles. The van der Waals surface area contributed by atoms with Crippen LogP contribution in [0.5, 0.6) is 0 Å². The normalized spacial score (nSPS) is 12.0. The quantitative estimate of drug-likeness (QED) is 0.510. The molecule has 1 amide bonds. The topological polar surface area (TPSA) is 80.1 Å². The van der Waals surface area contributed by atoms with Gasteiger partial charge in [-0.15, -0.1) is 0 Å². The summed E-state index contributed by atoms with van der Waals surface area (Å²) in [6, 6.07) is 7.43. The predicted molar refractivity (Wildman–Crippen MR) is 83.8 cm³/mol. The summed E-state index contributed by atoms with van der Waals surface area (Å²) in [7, 11) is 0. The van der Waals surface area contributed by atoms with E-state index in [1.54, 1.807) is 0 Å². The summed E-state index contributed by atoms with van der Waals surface area (Å²) in [5, 5.41) is 3.92. The van der Waals surface area contributed by atoms with Gasteiger partial charge in [0.15, 0.2) is 0 Å². The summed E-state index contributed by atoms with van der Waals surface area (Å²) in [6.45, 7) is 4.55. The van der Waals surface area contributed by atoms with Crippen LogP contribution in [0.3, 0.4) is 0 Å². The van der Waals surface area contributed by atoms with Crippen LogP contribution in [0.2, 0.25) is 0 Å². The summed E-state index contributed by atoms with van der Waals surface area (Å²) in [5.74, 6) is -0.140. The number of ether oxygens (including phenoxy) is 1. The molecule has 1 aromatic heterocycles. The van der Waals surface area contributed by atoms with Gasteiger partial charge in [0, 0.05) is 23.6 Å². The average Bonchev–Trinajstić information content (AvgIpc) is 2.90. The number of fused-ring (bicyclic) bond motifs is 1. The van der Waals surface area contributed by atoms with Gasteiger partial charge in [-0.2, -0.15) is 0 Å². The third kappa shape index (κ3) is 4.10. The number of nitrogens with one attached hydrogen (secondary N) is 2. The second-order valence-corrected chi connectivity index (χ2v) is 4.85. The SMILES string of the molecule is C=COCCCNC(=O)[C@H](N)Cc1c[nH]c2ccccc12. The molecule has 1 aromatic carbocycles. The molecule has 1 atom stereocenters. The third-order valence-electron chi connectivity index (χ3n) is 3.31. The fourth-order valence-electron chi connectivity index (χ4n) is 2.21. The van der Waals surface area contributed by atoms with Crippen molar-refractivity contribution < 1.29 is 9.53 Å². The number of H-pyrrole nitrogens is 1. The monoisotopic (exact) mass is 287 g/mol. The molecular formula is C16H21N3O2. The molecule has 5 nitrogen and oxygen atoms in total. The van der Waals surface area contributed by atoms with E-state index in [9.17, 15) is 4.79 Å². The first kappa shape index (κ1) is 15.1. The zero-order valence-electron chi connectivity index (χ0n) is 12.0. The molecule has 2 aromatic rings. The second kappa shape index (κ2) is 7.50. The Labute approximate surface area is 124 Å². The molecule has 112 valence electrons. The number of hydrogen-bond acceptors (Lipinski definition) is 3. The Kier molecular flexibility index (Phi) is 5.40. The minimum Gasteiger partial charge on any atom is -0.502 e. The van der Waals surface area contributed by atoms with Gasteiger partial charge < -0.3 is 20.8 Å². The molecule has 21 heavy (non-hydrogen) atoms. The molecule has 1 heterocycles. The number of carbonyl (C=O) groups is 1. The van der Waals surface area contributed by atoms with E-state index in [-0.39, 0.29) is 5.91 Å². The molecule has 4 N–H and O–H groups in total. The Hall–Kier alpha value is -2.27. The Bertz CT molecular complexity index is 606. The van der Waals surface area contributed by atoms with Gasteiger partial charge in [0.1, 0.15) is 0 Å². The molecule has 0 spiro atoms. The maximum absolute atomic E-state index is 11.9. The Morgan fingerprint density at radius 3 is 3.10 bits per heavy atom. The van der Waals surface area contributed by atoms with Crippen molar-refractivity contribution in [3.05, 3.63) is 48.9 Å². The van der Waals surface area contributed by atoms with E-state index in [1.807, 2.05) is 30.5 Å².